The molecule has 1 unspecified atom stereocenters. The first-order valence-electron chi connectivity index (χ1n) is 4.90. The molecule has 13 heavy (non-hydrogen) atoms. The first-order valence-corrected chi connectivity index (χ1v) is 6.04. The van der Waals surface area contributed by atoms with Gasteiger partial charge in [0.05, 0.1) is 0 Å². The number of nitrogens with zero attached hydrogens (tertiary/aromatic N) is 1. The van der Waals surface area contributed by atoms with Crippen LogP contribution in [0.2, 0.25) is 0 Å². The zero-order valence-electron chi connectivity index (χ0n) is 8.47. The molecule has 0 fully saturated rings. The van der Waals surface area contributed by atoms with Crippen molar-refractivity contribution in [2.24, 2.45) is 0 Å². The van der Waals surface area contributed by atoms with Gasteiger partial charge in [0, 0.05) is 34.3 Å². The van der Waals surface area contributed by atoms with E-state index < -0.39 is 0 Å². The average Bonchev–Trinajstić information content (AvgIpc) is 2.14. The number of unbranched alkanes of at least 4 members (excludes halogenated alkanes) is 2. The van der Waals surface area contributed by atoms with Crippen molar-refractivity contribution >= 4 is 27.7 Å². The molecule has 0 rings (SSSR count). The summed E-state index contributed by atoms with van der Waals surface area (Å²) in [6, 6.07) is 0.583. The first-order chi connectivity index (χ1) is 6.22. The van der Waals surface area contributed by atoms with E-state index in [0.29, 0.717) is 6.04 Å². The Morgan fingerprint density at radius 1 is 1.46 bits per heavy atom. The second-order valence-corrected chi connectivity index (χ2v) is 4.45. The molecular weight excluding hydrogens is 249 g/mol. The van der Waals surface area contributed by atoms with Crippen LogP contribution in [0.4, 0.5) is 0 Å². The predicted molar refractivity (Wildman–Crippen MR) is 64.2 cm³/mol. The van der Waals surface area contributed by atoms with Crippen molar-refractivity contribution in [1.29, 1.82) is 0 Å². The summed E-state index contributed by atoms with van der Waals surface area (Å²) in [5, 5.41) is 0. The van der Waals surface area contributed by atoms with Crippen molar-refractivity contribution in [2.75, 3.05) is 6.54 Å². The lowest BCUT2D eigenvalue weighted by Crippen LogP contribution is -2.23. The molecule has 0 amide bonds. The third kappa shape index (κ3) is 7.53. The molecule has 0 aliphatic carbocycles. The molecule has 0 aliphatic rings. The highest BCUT2D eigenvalue weighted by molar-refractivity contribution is 9.07. The number of rotatable bonds is 7. The van der Waals surface area contributed by atoms with Crippen molar-refractivity contribution < 1.29 is 0 Å². The van der Waals surface area contributed by atoms with Gasteiger partial charge in [0.15, 0.2) is 0 Å². The normalized spacial score (nSPS) is 14.2. The van der Waals surface area contributed by atoms with Gasteiger partial charge in [-0.3, -0.25) is 0 Å². The van der Waals surface area contributed by atoms with Crippen LogP contribution in [0, 0.1) is 0 Å². The molecule has 0 radical (unpaired) electrons. The van der Waals surface area contributed by atoms with E-state index in [9.17, 15) is 0 Å². The van der Waals surface area contributed by atoms with Gasteiger partial charge in [-0.1, -0.05) is 43.9 Å². The molecule has 3 heteroatoms. The maximum Gasteiger partial charge on any atom is 0.0287 e. The van der Waals surface area contributed by atoms with Crippen LogP contribution in [-0.2, 0) is 0 Å². The van der Waals surface area contributed by atoms with Crippen molar-refractivity contribution in [2.45, 2.75) is 45.6 Å². The zero-order valence-corrected chi connectivity index (χ0v) is 10.8. The highest BCUT2D eigenvalue weighted by Gasteiger charge is 2.07. The molecular formula is C10H19BrClN. The van der Waals surface area contributed by atoms with Crippen LogP contribution in [0.1, 0.15) is 39.5 Å². The van der Waals surface area contributed by atoms with E-state index in [-0.39, 0.29) is 0 Å². The Morgan fingerprint density at radius 3 is 2.69 bits per heavy atom. The minimum absolute atomic E-state index is 0.583. The topological polar surface area (TPSA) is 3.24 Å². The number of hydrogen-bond donors (Lipinski definition) is 0. The first kappa shape index (κ1) is 13.5. The molecule has 0 aromatic rings. The summed E-state index contributed by atoms with van der Waals surface area (Å²) in [6.45, 7) is 5.33. The second-order valence-electron chi connectivity index (χ2n) is 3.29. The lowest BCUT2D eigenvalue weighted by molar-refractivity contribution is 0.384. The summed E-state index contributed by atoms with van der Waals surface area (Å²) in [5.41, 5.74) is 1.56. The molecule has 0 bridgehead atoms. The molecule has 1 atom stereocenters. The van der Waals surface area contributed by atoms with Crippen LogP contribution in [0.15, 0.2) is 11.6 Å². The molecule has 0 aromatic heterocycles. The van der Waals surface area contributed by atoms with E-state index >= 15 is 0 Å². The second kappa shape index (κ2) is 9.04. The van der Waals surface area contributed by atoms with Crippen molar-refractivity contribution in [3.63, 3.8) is 0 Å². The van der Waals surface area contributed by atoms with E-state index in [1.54, 1.807) is 5.54 Å². The Bertz CT molecular complexity index is 139. The summed E-state index contributed by atoms with van der Waals surface area (Å²) in [7, 11) is 0. The van der Waals surface area contributed by atoms with E-state index in [1.807, 2.05) is 6.08 Å². The van der Waals surface area contributed by atoms with Gasteiger partial charge >= 0.3 is 0 Å². The van der Waals surface area contributed by atoms with Crippen molar-refractivity contribution in [1.82, 2.24) is 3.93 Å². The Morgan fingerprint density at radius 2 is 2.15 bits per heavy atom. The fourth-order valence-corrected chi connectivity index (χ4v) is 1.60. The fraction of sp³-hybridized carbons (Fsp3) is 0.800. The monoisotopic (exact) mass is 267 g/mol. The van der Waals surface area contributed by atoms with E-state index in [4.69, 9.17) is 11.6 Å². The molecule has 0 heterocycles. The van der Waals surface area contributed by atoms with E-state index in [1.165, 1.54) is 25.7 Å². The van der Waals surface area contributed by atoms with Gasteiger partial charge in [-0.05, 0) is 13.3 Å². The van der Waals surface area contributed by atoms with Crippen LogP contribution in [0.3, 0.4) is 0 Å². The van der Waals surface area contributed by atoms with Gasteiger partial charge < -0.3 is 0 Å². The van der Waals surface area contributed by atoms with Gasteiger partial charge in [-0.2, -0.15) is 0 Å². The summed E-state index contributed by atoms with van der Waals surface area (Å²) in [4.78, 5) is 0. The Balaban J connectivity index is 3.50. The molecule has 0 spiro atoms. The van der Waals surface area contributed by atoms with Crippen LogP contribution in [0.5, 0.6) is 0 Å². The molecule has 0 N–H and O–H groups in total. The van der Waals surface area contributed by atoms with Crippen molar-refractivity contribution in [3.8, 4) is 0 Å². The summed E-state index contributed by atoms with van der Waals surface area (Å²) >= 11 is 8.97. The average molecular weight is 269 g/mol. The zero-order chi connectivity index (χ0) is 10.1. The van der Waals surface area contributed by atoms with Gasteiger partial charge in [0.2, 0.25) is 0 Å². The number of hydrogen-bond acceptors (Lipinski definition) is 1. The van der Waals surface area contributed by atoms with E-state index in [2.05, 4.69) is 33.9 Å². The standard InChI is InChI=1S/C10H19BrClN/c1-3-4-5-7-10(2)13(11)9-6-8-12/h6,8,10H,3-5,7,9H2,1-2H3. The molecule has 0 saturated heterocycles. The van der Waals surface area contributed by atoms with Gasteiger partial charge in [0.1, 0.15) is 0 Å². The Kier molecular flexibility index (Phi) is 9.37. The highest BCUT2D eigenvalue weighted by atomic mass is 79.9. The Labute approximate surface area is 95.5 Å². The maximum absolute atomic E-state index is 5.45. The molecule has 0 aromatic carbocycles. The smallest absolute Gasteiger partial charge is 0.0287 e. The van der Waals surface area contributed by atoms with Gasteiger partial charge in [-0.25, -0.2) is 3.93 Å². The van der Waals surface area contributed by atoms with E-state index in [0.717, 1.165) is 6.54 Å². The maximum atomic E-state index is 5.45. The third-order valence-corrected chi connectivity index (χ3v) is 3.24. The van der Waals surface area contributed by atoms with Gasteiger partial charge in [-0.15, -0.1) is 0 Å². The lowest BCUT2D eigenvalue weighted by Gasteiger charge is -2.20. The molecule has 1 nitrogen and oxygen atoms in total. The van der Waals surface area contributed by atoms with Gasteiger partial charge in [0.25, 0.3) is 0 Å². The minimum atomic E-state index is 0.583. The highest BCUT2D eigenvalue weighted by Crippen LogP contribution is 2.13. The molecule has 78 valence electrons. The summed E-state index contributed by atoms with van der Waals surface area (Å²) in [5.74, 6) is 0. The van der Waals surface area contributed by atoms with Crippen LogP contribution in [0.25, 0.3) is 0 Å². The molecule has 0 aliphatic heterocycles. The van der Waals surface area contributed by atoms with Crippen molar-refractivity contribution in [3.05, 3.63) is 11.6 Å². The summed E-state index contributed by atoms with van der Waals surface area (Å²) in [6.07, 6.45) is 7.11. The largest absolute Gasteiger partial charge is 0.236 e. The molecule has 0 saturated carbocycles. The lowest BCUT2D eigenvalue weighted by atomic mass is 10.1. The fourth-order valence-electron chi connectivity index (χ4n) is 1.15. The SMILES string of the molecule is CCCCCC(C)N(Br)CC=CCl. The number of halogens is 2. The third-order valence-electron chi connectivity index (χ3n) is 2.07. The Hall–Kier alpha value is 0.470. The van der Waals surface area contributed by atoms with Crippen LogP contribution in [-0.4, -0.2) is 16.5 Å². The summed E-state index contributed by atoms with van der Waals surface area (Å²) < 4.78 is 2.14. The van der Waals surface area contributed by atoms with Crippen LogP contribution >= 0.6 is 27.7 Å². The minimum Gasteiger partial charge on any atom is -0.236 e. The predicted octanol–water partition coefficient (Wildman–Crippen LogP) is 4.32. The van der Waals surface area contributed by atoms with Crippen LogP contribution < -0.4 is 0 Å². The quantitative estimate of drug-likeness (QED) is 0.491.